The molecule has 0 aliphatic carbocycles. The average molecular weight is 403 g/mol. The number of carboxylic acid groups (broad SMARTS) is 1. The molecule has 3 aromatic carbocycles. The van der Waals surface area contributed by atoms with Crippen molar-refractivity contribution in [3.05, 3.63) is 76.9 Å². The van der Waals surface area contributed by atoms with Gasteiger partial charge in [-0.1, -0.05) is 30.3 Å². The van der Waals surface area contributed by atoms with Crippen LogP contribution in [-0.2, 0) is 17.6 Å². The number of nitrogens with two attached hydrogens (primary N) is 3. The van der Waals surface area contributed by atoms with Crippen molar-refractivity contribution < 1.29 is 14.7 Å². The summed E-state index contributed by atoms with van der Waals surface area (Å²) in [6.45, 7) is 0. The van der Waals surface area contributed by atoms with Gasteiger partial charge in [0, 0.05) is 17.5 Å². The molecule has 3 rings (SSSR count). The fourth-order valence-corrected chi connectivity index (χ4v) is 3.19. The molecular weight excluding hydrogens is 382 g/mol. The molecule has 0 aliphatic heterocycles. The number of carboxylic acids is 1. The van der Waals surface area contributed by atoms with Gasteiger partial charge < -0.3 is 22.3 Å². The first kappa shape index (κ1) is 20.5. The summed E-state index contributed by atoms with van der Waals surface area (Å²) in [7, 11) is 0. The van der Waals surface area contributed by atoms with Gasteiger partial charge in [-0.05, 0) is 46.2 Å². The van der Waals surface area contributed by atoms with Crippen molar-refractivity contribution in [2.24, 2.45) is 22.2 Å². The quantitative estimate of drug-likeness (QED) is 0.230. The summed E-state index contributed by atoms with van der Waals surface area (Å²) < 4.78 is 0. The highest BCUT2D eigenvalue weighted by Gasteiger charge is 2.12. The van der Waals surface area contributed by atoms with Crippen LogP contribution < -0.4 is 17.2 Å². The summed E-state index contributed by atoms with van der Waals surface area (Å²) in [6.07, 6.45) is -0.120. The molecule has 0 spiro atoms. The lowest BCUT2D eigenvalue weighted by molar-refractivity contribution is -0.136. The van der Waals surface area contributed by atoms with Crippen molar-refractivity contribution in [3.8, 4) is 0 Å². The first-order chi connectivity index (χ1) is 14.2. The predicted octanol–water partition coefficient (Wildman–Crippen LogP) is 2.08. The molecular formula is C22H21N5O3. The van der Waals surface area contributed by atoms with Gasteiger partial charge in [-0.15, -0.1) is 0 Å². The van der Waals surface area contributed by atoms with Gasteiger partial charge in [-0.2, -0.15) is 0 Å². The molecule has 0 amide bonds. The van der Waals surface area contributed by atoms with Crippen molar-refractivity contribution in [1.29, 1.82) is 5.41 Å². The lowest BCUT2D eigenvalue weighted by Gasteiger charge is -2.08. The van der Waals surface area contributed by atoms with Crippen LogP contribution in [0.4, 0.5) is 5.69 Å². The summed E-state index contributed by atoms with van der Waals surface area (Å²) in [4.78, 5) is 27.9. The van der Waals surface area contributed by atoms with Crippen LogP contribution in [0.3, 0.4) is 0 Å². The van der Waals surface area contributed by atoms with E-state index in [9.17, 15) is 9.59 Å². The Hall–Kier alpha value is -4.20. The van der Waals surface area contributed by atoms with Crippen molar-refractivity contribution in [2.75, 3.05) is 0 Å². The van der Waals surface area contributed by atoms with Crippen LogP contribution >= 0.6 is 0 Å². The molecule has 0 saturated heterocycles. The highest BCUT2D eigenvalue weighted by Crippen LogP contribution is 2.22. The van der Waals surface area contributed by atoms with Crippen molar-refractivity contribution >= 4 is 40.0 Å². The number of hydrogen-bond acceptors (Lipinski definition) is 4. The Morgan fingerprint density at radius 3 is 2.20 bits per heavy atom. The maximum absolute atomic E-state index is 12.9. The number of nitrogens with zero attached hydrogens (tertiary/aromatic N) is 1. The van der Waals surface area contributed by atoms with Crippen LogP contribution in [0, 0.1) is 5.41 Å². The molecule has 3 aromatic rings. The highest BCUT2D eigenvalue weighted by atomic mass is 16.4. The number of aliphatic carboxylic acids is 1. The minimum atomic E-state index is -1.02. The number of benzene rings is 3. The van der Waals surface area contributed by atoms with Gasteiger partial charge in [0.1, 0.15) is 5.84 Å². The van der Waals surface area contributed by atoms with Gasteiger partial charge in [-0.3, -0.25) is 15.0 Å². The fourth-order valence-electron chi connectivity index (χ4n) is 3.19. The van der Waals surface area contributed by atoms with Crippen molar-refractivity contribution in [1.82, 2.24) is 0 Å². The average Bonchev–Trinajstić information content (AvgIpc) is 2.66. The summed E-state index contributed by atoms with van der Waals surface area (Å²) in [6, 6.07) is 15.6. The van der Waals surface area contributed by atoms with Gasteiger partial charge in [0.15, 0.2) is 11.7 Å². The highest BCUT2D eigenvalue weighted by molar-refractivity contribution is 6.01. The van der Waals surface area contributed by atoms with Gasteiger partial charge in [0.2, 0.25) is 0 Å². The smallest absolute Gasteiger partial charge is 0.307 e. The lowest BCUT2D eigenvalue weighted by Crippen LogP contribution is -2.22. The standard InChI is InChI=1S/C22H21N5O3/c23-21(24)16-4-3-14-5-12(1-2-15(14)10-16)8-19(28)17-6-13(9-20(29)30)7-18(11-17)27-22(25)26/h1-7,10-11H,8-9H2,(H3,23,24)(H,29,30)(H4,25,26,27). The van der Waals surface area contributed by atoms with Crippen LogP contribution in [0.15, 0.2) is 59.6 Å². The third kappa shape index (κ3) is 4.99. The Labute approximate surface area is 172 Å². The third-order valence-electron chi connectivity index (χ3n) is 4.49. The topological polar surface area (TPSA) is 169 Å². The summed E-state index contributed by atoms with van der Waals surface area (Å²) in [5.41, 5.74) is 18.9. The molecule has 152 valence electrons. The maximum Gasteiger partial charge on any atom is 0.307 e. The third-order valence-corrected chi connectivity index (χ3v) is 4.49. The molecule has 0 atom stereocenters. The molecule has 0 bridgehead atoms. The molecule has 0 aromatic heterocycles. The van der Waals surface area contributed by atoms with E-state index in [1.807, 2.05) is 30.3 Å². The Morgan fingerprint density at radius 2 is 1.53 bits per heavy atom. The largest absolute Gasteiger partial charge is 0.481 e. The minimum absolute atomic E-state index is 0.00558. The molecule has 0 aliphatic rings. The van der Waals surface area contributed by atoms with Crippen LogP contribution in [-0.4, -0.2) is 28.7 Å². The van der Waals surface area contributed by atoms with Gasteiger partial charge in [-0.25, -0.2) is 4.99 Å². The van der Waals surface area contributed by atoms with E-state index in [0.29, 0.717) is 22.4 Å². The van der Waals surface area contributed by atoms with E-state index in [2.05, 4.69) is 4.99 Å². The first-order valence-electron chi connectivity index (χ1n) is 9.07. The number of hydrogen-bond donors (Lipinski definition) is 5. The van der Waals surface area contributed by atoms with E-state index in [0.717, 1.165) is 16.3 Å². The van der Waals surface area contributed by atoms with E-state index in [1.54, 1.807) is 12.1 Å². The molecule has 0 fully saturated rings. The second kappa shape index (κ2) is 8.44. The van der Waals surface area contributed by atoms with Crippen LogP contribution in [0.1, 0.15) is 27.0 Å². The number of aliphatic imine (C=N–C) groups is 1. The van der Waals surface area contributed by atoms with E-state index in [4.69, 9.17) is 27.7 Å². The number of guanidine groups is 1. The second-order valence-corrected chi connectivity index (χ2v) is 6.91. The van der Waals surface area contributed by atoms with Crippen molar-refractivity contribution in [3.63, 3.8) is 0 Å². The van der Waals surface area contributed by atoms with Crippen molar-refractivity contribution in [2.45, 2.75) is 12.8 Å². The number of ketones is 1. The molecule has 8 heteroatoms. The summed E-state index contributed by atoms with van der Waals surface area (Å²) >= 11 is 0. The normalized spacial score (nSPS) is 10.5. The number of amidine groups is 1. The van der Waals surface area contributed by atoms with Gasteiger partial charge in [0.05, 0.1) is 12.1 Å². The Kier molecular flexibility index (Phi) is 5.78. The lowest BCUT2D eigenvalue weighted by atomic mass is 9.97. The SMILES string of the molecule is N=C(N)c1ccc2cc(CC(=O)c3cc(CC(=O)O)cc(N=C(N)N)c3)ccc2c1. The number of nitrogens with one attached hydrogen (secondary N) is 1. The molecule has 30 heavy (non-hydrogen) atoms. The molecule has 0 unspecified atom stereocenters. The zero-order chi connectivity index (χ0) is 21.8. The number of carbonyl (C=O) groups excluding carboxylic acids is 1. The van der Waals surface area contributed by atoms with Crippen LogP contribution in [0.5, 0.6) is 0 Å². The number of fused-ring (bicyclic) bond motifs is 1. The predicted molar refractivity (Wildman–Crippen MR) is 116 cm³/mol. The Bertz CT molecular complexity index is 1200. The van der Waals surface area contributed by atoms with Crippen LogP contribution in [0.25, 0.3) is 10.8 Å². The monoisotopic (exact) mass is 403 g/mol. The van der Waals surface area contributed by atoms with Gasteiger partial charge >= 0.3 is 5.97 Å². The van der Waals surface area contributed by atoms with E-state index >= 15 is 0 Å². The molecule has 0 radical (unpaired) electrons. The Morgan fingerprint density at radius 1 is 0.833 bits per heavy atom. The number of carbonyl (C=O) groups is 2. The summed E-state index contributed by atoms with van der Waals surface area (Å²) in [5.74, 6) is -1.39. The molecule has 8 nitrogen and oxygen atoms in total. The van der Waals surface area contributed by atoms with E-state index < -0.39 is 5.97 Å². The second-order valence-electron chi connectivity index (χ2n) is 6.91. The molecule has 0 heterocycles. The van der Waals surface area contributed by atoms with E-state index in [1.165, 1.54) is 12.1 Å². The number of rotatable bonds is 7. The first-order valence-corrected chi connectivity index (χ1v) is 9.07. The zero-order valence-electron chi connectivity index (χ0n) is 16.1. The summed E-state index contributed by atoms with van der Waals surface area (Å²) in [5, 5.41) is 18.4. The molecule has 8 N–H and O–H groups in total. The van der Waals surface area contributed by atoms with E-state index in [-0.39, 0.29) is 30.4 Å². The zero-order valence-corrected chi connectivity index (χ0v) is 16.1. The Balaban J connectivity index is 1.90. The minimum Gasteiger partial charge on any atom is -0.481 e. The van der Waals surface area contributed by atoms with Gasteiger partial charge in [0.25, 0.3) is 0 Å². The molecule has 0 saturated carbocycles. The van der Waals surface area contributed by atoms with Crippen LogP contribution in [0.2, 0.25) is 0 Å². The maximum atomic E-state index is 12.9. The number of nitrogen functional groups attached to an aromatic ring is 1. The fraction of sp³-hybridized carbons (Fsp3) is 0.0909. The number of Topliss-reactive ketones (excluding diaryl/α,β-unsaturated/α-hetero) is 1.